The van der Waals surface area contributed by atoms with Crippen LogP contribution >= 0.6 is 0 Å². The van der Waals surface area contributed by atoms with Gasteiger partial charge in [-0.25, -0.2) is 0 Å². The zero-order valence-corrected chi connectivity index (χ0v) is 22.7. The fraction of sp³-hybridized carbons (Fsp3) is 0.367. The number of nitrogens with zero attached hydrogens (tertiary/aromatic N) is 1. The van der Waals surface area contributed by atoms with Gasteiger partial charge in [-0.15, -0.1) is 0 Å². The van der Waals surface area contributed by atoms with Crippen LogP contribution < -0.4 is 0 Å². The monoisotopic (exact) mass is 489 g/mol. The van der Waals surface area contributed by atoms with Crippen molar-refractivity contribution in [2.45, 2.75) is 64.6 Å². The molecular formula is C30H39NO3Si. The highest BCUT2D eigenvalue weighted by atomic mass is 28.4. The Kier molecular flexibility index (Phi) is 9.44. The lowest BCUT2D eigenvalue weighted by Gasteiger charge is -2.39. The molecule has 5 heteroatoms. The number of rotatable bonds is 11. The van der Waals surface area contributed by atoms with Gasteiger partial charge in [-0.3, -0.25) is 9.69 Å². The van der Waals surface area contributed by atoms with Gasteiger partial charge >= 0.3 is 5.97 Å². The molecule has 0 N–H and O–H groups in total. The molecule has 3 aromatic carbocycles. The number of hydrogen-bond donors (Lipinski definition) is 0. The molecule has 0 heterocycles. The van der Waals surface area contributed by atoms with Crippen molar-refractivity contribution in [3.63, 3.8) is 0 Å². The summed E-state index contributed by atoms with van der Waals surface area (Å²) in [5.41, 5.74) is 3.27. The average molecular weight is 490 g/mol. The average Bonchev–Trinajstić information content (AvgIpc) is 2.84. The molecule has 4 nitrogen and oxygen atoms in total. The maximum absolute atomic E-state index is 13.6. The molecule has 0 bridgehead atoms. The van der Waals surface area contributed by atoms with E-state index >= 15 is 0 Å². The Morgan fingerprint density at radius 3 is 1.63 bits per heavy atom. The molecule has 0 aliphatic heterocycles. The van der Waals surface area contributed by atoms with Crippen molar-refractivity contribution in [2.24, 2.45) is 0 Å². The lowest BCUT2D eigenvalue weighted by atomic mass is 10.1. The standard InChI is InChI=1S/C30H39NO3Si/c1-30(2,3)35(4,5)34-24-28(29(32)33-23-27-19-13-8-14-20-27)31(21-25-15-9-6-10-16-25)22-26-17-11-7-12-18-26/h6-20,28H,21-24H2,1-5H3. The van der Waals surface area contributed by atoms with Crippen LogP contribution in [0.1, 0.15) is 37.5 Å². The largest absolute Gasteiger partial charge is 0.460 e. The molecular weight excluding hydrogens is 450 g/mol. The Balaban J connectivity index is 1.87. The van der Waals surface area contributed by atoms with Crippen LogP contribution in [0.4, 0.5) is 0 Å². The van der Waals surface area contributed by atoms with Gasteiger partial charge < -0.3 is 9.16 Å². The highest BCUT2D eigenvalue weighted by molar-refractivity contribution is 6.74. The van der Waals surface area contributed by atoms with Crippen molar-refractivity contribution in [1.29, 1.82) is 0 Å². The molecule has 3 rings (SSSR count). The summed E-state index contributed by atoms with van der Waals surface area (Å²) in [6.45, 7) is 12.9. The van der Waals surface area contributed by atoms with Crippen LogP contribution in [-0.4, -0.2) is 31.8 Å². The molecule has 3 aromatic rings. The van der Waals surface area contributed by atoms with Crippen molar-refractivity contribution in [3.8, 4) is 0 Å². The van der Waals surface area contributed by atoms with E-state index in [-0.39, 0.29) is 17.6 Å². The molecule has 186 valence electrons. The van der Waals surface area contributed by atoms with Crippen molar-refractivity contribution >= 4 is 14.3 Å². The SMILES string of the molecule is CC(C)(C)[Si](C)(C)OCC(C(=O)OCc1ccccc1)N(Cc1ccccc1)Cc1ccccc1. The predicted octanol–water partition coefficient (Wildman–Crippen LogP) is 6.82. The summed E-state index contributed by atoms with van der Waals surface area (Å²) in [5.74, 6) is -0.251. The Hall–Kier alpha value is -2.73. The van der Waals surface area contributed by atoms with Crippen LogP contribution in [0, 0.1) is 0 Å². The van der Waals surface area contributed by atoms with E-state index in [0.29, 0.717) is 19.7 Å². The molecule has 35 heavy (non-hydrogen) atoms. The van der Waals surface area contributed by atoms with Gasteiger partial charge in [0, 0.05) is 13.1 Å². The number of carbonyl (C=O) groups is 1. The topological polar surface area (TPSA) is 38.8 Å². The van der Waals surface area contributed by atoms with Crippen molar-refractivity contribution < 1.29 is 14.0 Å². The number of benzene rings is 3. The summed E-state index contributed by atoms with van der Waals surface area (Å²) < 4.78 is 12.4. The van der Waals surface area contributed by atoms with Gasteiger partial charge in [0.2, 0.25) is 0 Å². The van der Waals surface area contributed by atoms with Crippen LogP contribution in [-0.2, 0) is 33.7 Å². The molecule has 0 saturated carbocycles. The summed E-state index contributed by atoms with van der Waals surface area (Å²) >= 11 is 0. The van der Waals surface area contributed by atoms with E-state index < -0.39 is 14.4 Å². The third kappa shape index (κ3) is 8.17. The number of carbonyl (C=O) groups excluding carboxylic acids is 1. The van der Waals surface area contributed by atoms with Crippen molar-refractivity contribution in [2.75, 3.05) is 6.61 Å². The molecule has 0 fully saturated rings. The second-order valence-electron chi connectivity index (χ2n) is 10.6. The summed E-state index contributed by atoms with van der Waals surface area (Å²) in [5, 5.41) is 0.0508. The van der Waals surface area contributed by atoms with E-state index in [4.69, 9.17) is 9.16 Å². The second-order valence-corrected chi connectivity index (χ2v) is 15.4. The lowest BCUT2D eigenvalue weighted by molar-refractivity contribution is -0.153. The van der Waals surface area contributed by atoms with Gasteiger partial charge in [-0.05, 0) is 34.8 Å². The highest BCUT2D eigenvalue weighted by Crippen LogP contribution is 2.36. The van der Waals surface area contributed by atoms with Crippen LogP contribution in [0.3, 0.4) is 0 Å². The first-order chi connectivity index (χ1) is 16.7. The van der Waals surface area contributed by atoms with Gasteiger partial charge in [0.25, 0.3) is 0 Å². The minimum Gasteiger partial charge on any atom is -0.460 e. The fourth-order valence-electron chi connectivity index (χ4n) is 3.56. The Morgan fingerprint density at radius 2 is 1.20 bits per heavy atom. The number of esters is 1. The third-order valence-electron chi connectivity index (χ3n) is 6.80. The Bertz CT molecular complexity index is 992. The number of ether oxygens (including phenoxy) is 1. The zero-order chi connectivity index (χ0) is 25.3. The lowest BCUT2D eigenvalue weighted by Crippen LogP contribution is -2.49. The highest BCUT2D eigenvalue weighted by Gasteiger charge is 2.39. The molecule has 1 atom stereocenters. The van der Waals surface area contributed by atoms with Gasteiger partial charge in [-0.2, -0.15) is 0 Å². The zero-order valence-electron chi connectivity index (χ0n) is 21.7. The quantitative estimate of drug-likeness (QED) is 0.219. The first-order valence-electron chi connectivity index (χ1n) is 12.3. The molecule has 0 amide bonds. The second kappa shape index (κ2) is 12.3. The first kappa shape index (κ1) is 26.9. The maximum Gasteiger partial charge on any atom is 0.326 e. The Labute approximate surface area is 212 Å². The van der Waals surface area contributed by atoms with E-state index in [0.717, 1.165) is 16.7 Å². The van der Waals surface area contributed by atoms with E-state index in [1.165, 1.54) is 0 Å². The van der Waals surface area contributed by atoms with Crippen LogP contribution in [0.5, 0.6) is 0 Å². The molecule has 0 radical (unpaired) electrons. The van der Waals surface area contributed by atoms with Crippen molar-refractivity contribution in [1.82, 2.24) is 4.90 Å². The number of hydrogen-bond acceptors (Lipinski definition) is 4. The van der Waals surface area contributed by atoms with E-state index in [1.54, 1.807) is 0 Å². The summed E-state index contributed by atoms with van der Waals surface area (Å²) in [6.07, 6.45) is 0. The van der Waals surface area contributed by atoms with Gasteiger partial charge in [0.15, 0.2) is 8.32 Å². The minimum absolute atomic E-state index is 0.0508. The van der Waals surface area contributed by atoms with E-state index in [1.807, 2.05) is 66.7 Å². The fourth-order valence-corrected chi connectivity index (χ4v) is 4.57. The van der Waals surface area contributed by atoms with Crippen LogP contribution in [0.2, 0.25) is 18.1 Å². The van der Waals surface area contributed by atoms with E-state index in [2.05, 4.69) is 63.0 Å². The molecule has 0 saturated heterocycles. The smallest absolute Gasteiger partial charge is 0.326 e. The molecule has 0 aliphatic carbocycles. The van der Waals surface area contributed by atoms with Gasteiger partial charge in [-0.1, -0.05) is 112 Å². The van der Waals surface area contributed by atoms with Crippen molar-refractivity contribution in [3.05, 3.63) is 108 Å². The normalized spacial score (nSPS) is 13.0. The summed E-state index contributed by atoms with van der Waals surface area (Å²) in [6, 6.07) is 29.8. The molecule has 0 spiro atoms. The third-order valence-corrected chi connectivity index (χ3v) is 11.3. The molecule has 1 unspecified atom stereocenters. The van der Waals surface area contributed by atoms with Gasteiger partial charge in [0.05, 0.1) is 6.61 Å². The van der Waals surface area contributed by atoms with Gasteiger partial charge in [0.1, 0.15) is 12.6 Å². The Morgan fingerprint density at radius 1 is 0.771 bits per heavy atom. The summed E-state index contributed by atoms with van der Waals surface area (Å²) in [4.78, 5) is 15.8. The molecule has 0 aromatic heterocycles. The predicted molar refractivity (Wildman–Crippen MR) is 145 cm³/mol. The van der Waals surface area contributed by atoms with E-state index in [9.17, 15) is 4.79 Å². The summed E-state index contributed by atoms with van der Waals surface area (Å²) in [7, 11) is -2.06. The minimum atomic E-state index is -2.06. The first-order valence-corrected chi connectivity index (χ1v) is 15.2. The molecule has 0 aliphatic rings. The van der Waals surface area contributed by atoms with Crippen LogP contribution in [0.15, 0.2) is 91.0 Å². The van der Waals surface area contributed by atoms with Crippen LogP contribution in [0.25, 0.3) is 0 Å². The maximum atomic E-state index is 13.6.